The van der Waals surface area contributed by atoms with Gasteiger partial charge in [-0.2, -0.15) is 0 Å². The summed E-state index contributed by atoms with van der Waals surface area (Å²) in [5, 5.41) is 23.0. The number of hydrogen-bond acceptors (Lipinski definition) is 4. The quantitative estimate of drug-likeness (QED) is 0.388. The zero-order chi connectivity index (χ0) is 20.5. The van der Waals surface area contributed by atoms with Gasteiger partial charge in [-0.25, -0.2) is 0 Å². The van der Waals surface area contributed by atoms with Gasteiger partial charge in [0.15, 0.2) is 0 Å². The first-order valence-electron chi connectivity index (χ1n) is 10.3. The van der Waals surface area contributed by atoms with Crippen LogP contribution in [0.5, 0.6) is 0 Å². The third-order valence-electron chi connectivity index (χ3n) is 8.60. The third-order valence-corrected chi connectivity index (χ3v) is 8.60. The van der Waals surface area contributed by atoms with Crippen LogP contribution in [0.3, 0.4) is 0 Å². The zero-order valence-electron chi connectivity index (χ0n) is 16.9. The first kappa shape index (κ1) is 17.1. The van der Waals surface area contributed by atoms with Crippen LogP contribution in [0.15, 0.2) is 12.1 Å². The summed E-state index contributed by atoms with van der Waals surface area (Å²) in [6.45, 7) is 7.81. The highest BCUT2D eigenvalue weighted by atomic mass is 16.6. The second-order valence-corrected chi connectivity index (χ2v) is 9.51. The third kappa shape index (κ3) is 1.71. The molecule has 6 heteroatoms. The molecular weight excluding hydrogens is 368 g/mol. The highest BCUT2D eigenvalue weighted by molar-refractivity contribution is 5.69. The number of benzene rings is 2. The van der Waals surface area contributed by atoms with Crippen molar-refractivity contribution in [3.8, 4) is 0 Å². The number of nitrogens with zero attached hydrogens (tertiary/aromatic N) is 2. The molecule has 6 unspecified atom stereocenters. The van der Waals surface area contributed by atoms with Crippen LogP contribution in [0.2, 0.25) is 0 Å². The van der Waals surface area contributed by atoms with Crippen molar-refractivity contribution in [3.05, 3.63) is 76.9 Å². The van der Waals surface area contributed by atoms with E-state index in [2.05, 4.69) is 0 Å². The van der Waals surface area contributed by atoms with Gasteiger partial charge in [-0.1, -0.05) is 0 Å². The molecule has 2 bridgehead atoms. The Balaban J connectivity index is 1.50. The fourth-order valence-corrected chi connectivity index (χ4v) is 7.81. The second-order valence-electron chi connectivity index (χ2n) is 9.51. The predicted octanol–water partition coefficient (Wildman–Crippen LogP) is 5.45. The summed E-state index contributed by atoms with van der Waals surface area (Å²) >= 11 is 0. The van der Waals surface area contributed by atoms with E-state index in [0.29, 0.717) is 35.5 Å². The Kier molecular flexibility index (Phi) is 2.98. The fourth-order valence-electron chi connectivity index (χ4n) is 7.81. The Morgan fingerprint density at radius 3 is 1.38 bits per heavy atom. The van der Waals surface area contributed by atoms with Crippen LogP contribution < -0.4 is 0 Å². The molecule has 0 amide bonds. The summed E-state index contributed by atoms with van der Waals surface area (Å²) in [6.07, 6.45) is 1.13. The summed E-state index contributed by atoms with van der Waals surface area (Å²) in [7, 11) is 0. The number of fused-ring (bicyclic) bond motifs is 14. The standard InChI is InChI=1S/C23H22N2O4/c1-8-5-14(24(26)27)10(3)18-16(8)20-12-7-13(22(18)20)21-17-9(2)6-15(25(28)29)11(4)19(17)23(12)21/h5-6,12-13,20-23H,7H2,1-4H3. The van der Waals surface area contributed by atoms with E-state index in [4.69, 9.17) is 0 Å². The fraction of sp³-hybridized carbons (Fsp3) is 0.478. The maximum absolute atomic E-state index is 11.5. The smallest absolute Gasteiger partial charge is 0.258 e. The molecule has 0 aliphatic heterocycles. The van der Waals surface area contributed by atoms with Crippen molar-refractivity contribution in [3.63, 3.8) is 0 Å². The molecule has 29 heavy (non-hydrogen) atoms. The van der Waals surface area contributed by atoms with Crippen molar-refractivity contribution in [1.82, 2.24) is 0 Å². The molecule has 4 aliphatic carbocycles. The molecule has 148 valence electrons. The van der Waals surface area contributed by atoms with Crippen LogP contribution in [-0.2, 0) is 0 Å². The van der Waals surface area contributed by atoms with Gasteiger partial charge in [-0.3, -0.25) is 20.2 Å². The average molecular weight is 390 g/mol. The van der Waals surface area contributed by atoms with Crippen molar-refractivity contribution in [2.75, 3.05) is 0 Å². The molecule has 0 N–H and O–H groups in total. The highest BCUT2D eigenvalue weighted by Crippen LogP contribution is 2.80. The Morgan fingerprint density at radius 2 is 1.03 bits per heavy atom. The minimum Gasteiger partial charge on any atom is -0.258 e. The van der Waals surface area contributed by atoms with Crippen molar-refractivity contribution in [1.29, 1.82) is 0 Å². The van der Waals surface area contributed by atoms with Crippen LogP contribution in [0.25, 0.3) is 0 Å². The molecule has 2 aromatic carbocycles. The molecule has 0 heterocycles. The largest absolute Gasteiger partial charge is 0.272 e. The number of nitro benzene ring substituents is 2. The van der Waals surface area contributed by atoms with Gasteiger partial charge in [0.1, 0.15) is 0 Å². The first-order valence-corrected chi connectivity index (χ1v) is 10.3. The molecule has 4 aliphatic rings. The van der Waals surface area contributed by atoms with Gasteiger partial charge >= 0.3 is 0 Å². The maximum atomic E-state index is 11.5. The number of hydrogen-bond donors (Lipinski definition) is 0. The summed E-state index contributed by atoms with van der Waals surface area (Å²) in [4.78, 5) is 22.5. The summed E-state index contributed by atoms with van der Waals surface area (Å²) in [5.41, 5.74) is 9.38. The molecule has 6 rings (SSSR count). The van der Waals surface area contributed by atoms with E-state index in [1.54, 1.807) is 12.1 Å². The normalized spacial score (nSPS) is 31.9. The van der Waals surface area contributed by atoms with E-state index in [1.807, 2.05) is 27.7 Å². The van der Waals surface area contributed by atoms with E-state index >= 15 is 0 Å². The van der Waals surface area contributed by atoms with Crippen LogP contribution in [0, 0.1) is 59.8 Å². The number of aryl methyl sites for hydroxylation is 2. The van der Waals surface area contributed by atoms with Gasteiger partial charge in [0, 0.05) is 23.3 Å². The Labute approximate surface area is 168 Å². The highest BCUT2D eigenvalue weighted by Gasteiger charge is 2.68. The molecular formula is C23H22N2O4. The van der Waals surface area contributed by atoms with E-state index in [0.717, 1.165) is 28.7 Å². The topological polar surface area (TPSA) is 86.3 Å². The Bertz CT molecular complexity index is 1090. The predicted molar refractivity (Wildman–Crippen MR) is 108 cm³/mol. The maximum Gasteiger partial charge on any atom is 0.272 e. The Morgan fingerprint density at radius 1 is 0.690 bits per heavy atom. The van der Waals surface area contributed by atoms with Gasteiger partial charge in [-0.15, -0.1) is 0 Å². The minimum atomic E-state index is -0.253. The van der Waals surface area contributed by atoms with Crippen molar-refractivity contribution >= 4 is 11.4 Å². The van der Waals surface area contributed by atoms with E-state index in [1.165, 1.54) is 22.3 Å². The first-order chi connectivity index (χ1) is 13.7. The lowest BCUT2D eigenvalue weighted by Crippen LogP contribution is -2.43. The lowest BCUT2D eigenvalue weighted by Gasteiger charge is -2.55. The zero-order valence-corrected chi connectivity index (χ0v) is 16.9. The molecule has 6 nitrogen and oxygen atoms in total. The van der Waals surface area contributed by atoms with Crippen molar-refractivity contribution in [2.45, 2.75) is 57.8 Å². The van der Waals surface area contributed by atoms with Crippen molar-refractivity contribution in [2.24, 2.45) is 11.8 Å². The van der Waals surface area contributed by atoms with Crippen LogP contribution >= 0.6 is 0 Å². The average Bonchev–Trinajstić information content (AvgIpc) is 3.03. The molecule has 0 saturated heterocycles. The SMILES string of the molecule is Cc1cc([N+](=O)[O-])c(C)c2c1C1C3CC(C4c5c(C)cc([N+](=O)[O-])c(C)c5C34)C21. The summed E-state index contributed by atoms with van der Waals surface area (Å²) < 4.78 is 0. The van der Waals surface area contributed by atoms with Crippen LogP contribution in [0.1, 0.15) is 74.6 Å². The molecule has 0 spiro atoms. The molecule has 2 aromatic rings. The van der Waals surface area contributed by atoms with Gasteiger partial charge in [0.2, 0.25) is 0 Å². The lowest BCUT2D eigenvalue weighted by molar-refractivity contribution is -0.385. The van der Waals surface area contributed by atoms with Gasteiger partial charge in [-0.05, 0) is 103 Å². The summed E-state index contributed by atoms with van der Waals surface area (Å²) in [6, 6.07) is 3.48. The summed E-state index contributed by atoms with van der Waals surface area (Å²) in [5.74, 6) is 2.77. The van der Waals surface area contributed by atoms with E-state index in [-0.39, 0.29) is 21.2 Å². The van der Waals surface area contributed by atoms with Crippen LogP contribution in [-0.4, -0.2) is 9.85 Å². The molecule has 0 aromatic heterocycles. The molecule has 2 fully saturated rings. The van der Waals surface area contributed by atoms with Gasteiger partial charge < -0.3 is 0 Å². The molecule has 6 atom stereocenters. The second kappa shape index (κ2) is 5.04. The van der Waals surface area contributed by atoms with Crippen LogP contribution in [0.4, 0.5) is 11.4 Å². The number of rotatable bonds is 2. The minimum absolute atomic E-state index is 0.246. The molecule has 2 saturated carbocycles. The lowest BCUT2D eigenvalue weighted by atomic mass is 9.48. The van der Waals surface area contributed by atoms with E-state index < -0.39 is 0 Å². The van der Waals surface area contributed by atoms with E-state index in [9.17, 15) is 20.2 Å². The van der Waals surface area contributed by atoms with Gasteiger partial charge in [0.05, 0.1) is 9.85 Å². The Hall–Kier alpha value is -2.76. The number of nitro groups is 2. The molecule has 0 radical (unpaired) electrons. The van der Waals surface area contributed by atoms with Crippen molar-refractivity contribution < 1.29 is 9.85 Å². The monoisotopic (exact) mass is 390 g/mol. The van der Waals surface area contributed by atoms with Gasteiger partial charge in [0.25, 0.3) is 11.4 Å².